The summed E-state index contributed by atoms with van der Waals surface area (Å²) in [5, 5.41) is 8.10. The van der Waals surface area contributed by atoms with Crippen molar-refractivity contribution in [1.82, 2.24) is 24.6 Å². The van der Waals surface area contributed by atoms with E-state index in [0.29, 0.717) is 5.92 Å². The maximum atomic E-state index is 6.05. The highest BCUT2D eigenvalue weighted by Gasteiger charge is 2.33. The van der Waals surface area contributed by atoms with Crippen LogP contribution in [0.3, 0.4) is 0 Å². The van der Waals surface area contributed by atoms with Crippen molar-refractivity contribution in [3.63, 3.8) is 0 Å². The van der Waals surface area contributed by atoms with Gasteiger partial charge in [-0.2, -0.15) is 5.10 Å². The molecule has 6 heteroatoms. The minimum atomic E-state index is 0.155. The molecular weight excluding hydrogens is 290 g/mol. The van der Waals surface area contributed by atoms with E-state index in [1.165, 1.54) is 11.3 Å². The molecule has 1 aliphatic heterocycles. The maximum Gasteiger partial charge on any atom is 0.122 e. The Balaban J connectivity index is 1.63. The summed E-state index contributed by atoms with van der Waals surface area (Å²) < 4.78 is 10.2. The van der Waals surface area contributed by atoms with Crippen LogP contribution < -0.4 is 5.32 Å². The zero-order valence-electron chi connectivity index (χ0n) is 14.5. The van der Waals surface area contributed by atoms with E-state index in [2.05, 4.69) is 40.7 Å². The molecule has 2 aromatic rings. The molecule has 126 valence electrons. The van der Waals surface area contributed by atoms with Crippen LogP contribution in [0.4, 0.5) is 0 Å². The zero-order valence-corrected chi connectivity index (χ0v) is 14.5. The predicted molar refractivity (Wildman–Crippen MR) is 89.1 cm³/mol. The van der Waals surface area contributed by atoms with Gasteiger partial charge in [-0.15, -0.1) is 0 Å². The molecule has 23 heavy (non-hydrogen) atoms. The molecule has 0 radical (unpaired) electrons. The normalized spacial score (nSPS) is 21.2. The Morgan fingerprint density at radius 1 is 1.39 bits per heavy atom. The number of aromatic nitrogens is 4. The first-order chi connectivity index (χ1) is 11.1. The Morgan fingerprint density at radius 2 is 2.22 bits per heavy atom. The van der Waals surface area contributed by atoms with Gasteiger partial charge in [-0.25, -0.2) is 4.98 Å². The average molecular weight is 317 g/mol. The van der Waals surface area contributed by atoms with Crippen molar-refractivity contribution < 1.29 is 4.74 Å². The second-order valence-corrected chi connectivity index (χ2v) is 6.31. The van der Waals surface area contributed by atoms with Crippen molar-refractivity contribution in [3.8, 4) is 0 Å². The number of ether oxygens (including phenoxy) is 1. The minimum absolute atomic E-state index is 0.155. The van der Waals surface area contributed by atoms with E-state index < -0.39 is 0 Å². The number of nitrogens with zero attached hydrogens (tertiary/aromatic N) is 4. The third-order valence-corrected chi connectivity index (χ3v) is 4.90. The van der Waals surface area contributed by atoms with E-state index in [-0.39, 0.29) is 6.10 Å². The summed E-state index contributed by atoms with van der Waals surface area (Å²) in [5.41, 5.74) is 3.57. The van der Waals surface area contributed by atoms with Gasteiger partial charge in [0, 0.05) is 56.3 Å². The average Bonchev–Trinajstić information content (AvgIpc) is 3.21. The molecule has 1 N–H and O–H groups in total. The lowest BCUT2D eigenvalue weighted by Gasteiger charge is -2.20. The predicted octanol–water partition coefficient (Wildman–Crippen LogP) is 2.12. The summed E-state index contributed by atoms with van der Waals surface area (Å²) >= 11 is 0. The van der Waals surface area contributed by atoms with Gasteiger partial charge in [0.05, 0.1) is 18.3 Å². The van der Waals surface area contributed by atoms with Gasteiger partial charge in [0.25, 0.3) is 0 Å². The molecule has 0 saturated carbocycles. The quantitative estimate of drug-likeness (QED) is 0.887. The fourth-order valence-electron chi connectivity index (χ4n) is 3.53. The second-order valence-electron chi connectivity index (χ2n) is 6.31. The Bertz CT molecular complexity index is 660. The van der Waals surface area contributed by atoms with Crippen LogP contribution in [0, 0.1) is 19.8 Å². The van der Waals surface area contributed by atoms with Gasteiger partial charge in [0.2, 0.25) is 0 Å². The van der Waals surface area contributed by atoms with Gasteiger partial charge < -0.3 is 14.6 Å². The van der Waals surface area contributed by atoms with E-state index >= 15 is 0 Å². The largest absolute Gasteiger partial charge is 0.373 e. The fourth-order valence-corrected chi connectivity index (χ4v) is 3.53. The molecule has 0 aromatic carbocycles. The third kappa shape index (κ3) is 3.19. The van der Waals surface area contributed by atoms with Crippen LogP contribution >= 0.6 is 0 Å². The number of hydrogen-bond donors (Lipinski definition) is 1. The SMILES string of the molecule is CCn1ccnc1CNC[C@H]1CCO[C@H]1c1c(C)nn(C)c1C. The topological polar surface area (TPSA) is 56.9 Å². The van der Waals surface area contributed by atoms with Gasteiger partial charge in [0.15, 0.2) is 0 Å². The first kappa shape index (κ1) is 16.2. The molecule has 0 unspecified atom stereocenters. The molecule has 0 aliphatic carbocycles. The van der Waals surface area contributed by atoms with Crippen LogP contribution in [0.5, 0.6) is 0 Å². The third-order valence-electron chi connectivity index (χ3n) is 4.90. The molecule has 0 amide bonds. The van der Waals surface area contributed by atoms with Gasteiger partial charge in [-0.3, -0.25) is 4.68 Å². The Morgan fingerprint density at radius 3 is 2.91 bits per heavy atom. The molecule has 1 aliphatic rings. The maximum absolute atomic E-state index is 6.05. The van der Waals surface area contributed by atoms with E-state index in [0.717, 1.165) is 44.2 Å². The molecule has 1 fully saturated rings. The highest BCUT2D eigenvalue weighted by atomic mass is 16.5. The van der Waals surface area contributed by atoms with Crippen LogP contribution in [-0.2, 0) is 24.9 Å². The summed E-state index contributed by atoms with van der Waals surface area (Å²) in [6.45, 7) is 9.87. The smallest absolute Gasteiger partial charge is 0.122 e. The Hall–Kier alpha value is -1.66. The molecule has 1 saturated heterocycles. The van der Waals surface area contributed by atoms with Crippen LogP contribution in [0.25, 0.3) is 0 Å². The summed E-state index contributed by atoms with van der Waals surface area (Å²) in [6.07, 6.45) is 5.14. The van der Waals surface area contributed by atoms with Gasteiger partial charge in [-0.05, 0) is 27.2 Å². The molecule has 3 heterocycles. The van der Waals surface area contributed by atoms with Crippen molar-refractivity contribution in [3.05, 3.63) is 35.2 Å². The van der Waals surface area contributed by atoms with Crippen molar-refractivity contribution >= 4 is 0 Å². The van der Waals surface area contributed by atoms with Crippen molar-refractivity contribution in [2.45, 2.75) is 46.4 Å². The number of imidazole rings is 1. The van der Waals surface area contributed by atoms with E-state index in [1.54, 1.807) is 0 Å². The molecule has 0 spiro atoms. The lowest BCUT2D eigenvalue weighted by Crippen LogP contribution is -2.26. The summed E-state index contributed by atoms with van der Waals surface area (Å²) in [4.78, 5) is 4.42. The van der Waals surface area contributed by atoms with Crippen LogP contribution in [0.15, 0.2) is 12.4 Å². The molecule has 0 bridgehead atoms. The molecule has 3 rings (SSSR count). The summed E-state index contributed by atoms with van der Waals surface area (Å²) in [5.74, 6) is 1.58. The van der Waals surface area contributed by atoms with Gasteiger partial charge in [0.1, 0.15) is 5.82 Å². The molecule has 2 atom stereocenters. The first-order valence-electron chi connectivity index (χ1n) is 8.44. The highest BCUT2D eigenvalue weighted by Crippen LogP contribution is 2.37. The second kappa shape index (κ2) is 6.84. The minimum Gasteiger partial charge on any atom is -0.373 e. The van der Waals surface area contributed by atoms with Crippen molar-refractivity contribution in [2.75, 3.05) is 13.2 Å². The Labute approximate surface area is 137 Å². The number of hydrogen-bond acceptors (Lipinski definition) is 4. The van der Waals surface area contributed by atoms with Crippen LogP contribution in [0.1, 0.15) is 42.2 Å². The summed E-state index contributed by atoms with van der Waals surface area (Å²) in [7, 11) is 2.00. The number of nitrogens with one attached hydrogen (secondary N) is 1. The standard InChI is InChI=1S/C17H27N5O/c1-5-22-8-7-19-15(22)11-18-10-14-6-9-23-17(14)16-12(2)20-21(4)13(16)3/h7-8,14,17-18H,5-6,9-11H2,1-4H3/t14-,17-/m1/s1. The monoisotopic (exact) mass is 317 g/mol. The lowest BCUT2D eigenvalue weighted by molar-refractivity contribution is 0.0893. The lowest BCUT2D eigenvalue weighted by atomic mass is 9.94. The van der Waals surface area contributed by atoms with Crippen molar-refractivity contribution in [2.24, 2.45) is 13.0 Å². The van der Waals surface area contributed by atoms with E-state index in [9.17, 15) is 0 Å². The van der Waals surface area contributed by atoms with Crippen LogP contribution in [-0.4, -0.2) is 32.5 Å². The molecule has 6 nitrogen and oxygen atoms in total. The number of rotatable bonds is 6. The van der Waals surface area contributed by atoms with E-state index in [4.69, 9.17) is 4.74 Å². The summed E-state index contributed by atoms with van der Waals surface area (Å²) in [6, 6.07) is 0. The first-order valence-corrected chi connectivity index (χ1v) is 8.44. The van der Waals surface area contributed by atoms with Crippen LogP contribution in [0.2, 0.25) is 0 Å². The number of aryl methyl sites for hydroxylation is 3. The molecule has 2 aromatic heterocycles. The fraction of sp³-hybridized carbons (Fsp3) is 0.647. The van der Waals surface area contributed by atoms with Gasteiger partial charge in [-0.1, -0.05) is 0 Å². The van der Waals surface area contributed by atoms with E-state index in [1.807, 2.05) is 24.1 Å². The van der Waals surface area contributed by atoms with Crippen molar-refractivity contribution in [1.29, 1.82) is 0 Å². The zero-order chi connectivity index (χ0) is 16.4. The highest BCUT2D eigenvalue weighted by molar-refractivity contribution is 5.28. The molecular formula is C17H27N5O. The van der Waals surface area contributed by atoms with Gasteiger partial charge >= 0.3 is 0 Å². The Kier molecular flexibility index (Phi) is 4.82.